The summed E-state index contributed by atoms with van der Waals surface area (Å²) in [5.74, 6) is 0.504. The van der Waals surface area contributed by atoms with Gasteiger partial charge in [-0.15, -0.1) is 0 Å². The average Bonchev–Trinajstić information content (AvgIpc) is 2.41. The number of nitrogens with one attached hydrogen (secondary N) is 1. The maximum atomic E-state index is 10.7. The van der Waals surface area contributed by atoms with E-state index < -0.39 is 11.0 Å². The van der Waals surface area contributed by atoms with Gasteiger partial charge in [-0.25, -0.2) is 0 Å². The topological polar surface area (TPSA) is 93.9 Å². The molecule has 0 amide bonds. The van der Waals surface area contributed by atoms with Crippen LogP contribution >= 0.6 is 0 Å². The summed E-state index contributed by atoms with van der Waals surface area (Å²) < 4.78 is 10.3. The van der Waals surface area contributed by atoms with Crippen molar-refractivity contribution in [2.24, 2.45) is 0 Å². The lowest BCUT2D eigenvalue weighted by Crippen LogP contribution is -2.33. The van der Waals surface area contributed by atoms with E-state index in [9.17, 15) is 15.2 Å². The van der Waals surface area contributed by atoms with E-state index in [0.29, 0.717) is 31.0 Å². The fourth-order valence-corrected chi connectivity index (χ4v) is 1.62. The van der Waals surface area contributed by atoms with Crippen molar-refractivity contribution < 1.29 is 19.5 Å². The van der Waals surface area contributed by atoms with Crippen LogP contribution in [0.2, 0.25) is 0 Å². The van der Waals surface area contributed by atoms with Crippen molar-refractivity contribution in [2.45, 2.75) is 13.0 Å². The highest BCUT2D eigenvalue weighted by atomic mass is 16.6. The van der Waals surface area contributed by atoms with Gasteiger partial charge in [0, 0.05) is 31.8 Å². The zero-order valence-electron chi connectivity index (χ0n) is 11.7. The molecule has 0 aromatic heterocycles. The Bertz CT molecular complexity index is 439. The van der Waals surface area contributed by atoms with Crippen molar-refractivity contribution in [3.8, 4) is 5.75 Å². The summed E-state index contributed by atoms with van der Waals surface area (Å²) >= 11 is 0. The van der Waals surface area contributed by atoms with Gasteiger partial charge in [0.2, 0.25) is 0 Å². The highest BCUT2D eigenvalue weighted by molar-refractivity contribution is 5.44. The largest absolute Gasteiger partial charge is 0.491 e. The molecule has 0 heterocycles. The summed E-state index contributed by atoms with van der Waals surface area (Å²) in [6.45, 7) is 3.40. The number of aliphatic hydroxyl groups excluding tert-OH is 1. The predicted molar refractivity (Wildman–Crippen MR) is 74.1 cm³/mol. The molecule has 0 fully saturated rings. The molecule has 0 spiro atoms. The van der Waals surface area contributed by atoms with Crippen LogP contribution in [-0.2, 0) is 4.74 Å². The second-order valence-electron chi connectivity index (χ2n) is 4.37. The number of aliphatic hydroxyl groups is 1. The Kier molecular flexibility index (Phi) is 6.92. The molecule has 2 N–H and O–H groups in total. The Balaban J connectivity index is 2.38. The van der Waals surface area contributed by atoms with E-state index in [1.807, 2.05) is 0 Å². The summed E-state index contributed by atoms with van der Waals surface area (Å²) in [5, 5.41) is 23.4. The van der Waals surface area contributed by atoms with Gasteiger partial charge in [-0.2, -0.15) is 0 Å². The molecule has 1 atom stereocenters. The van der Waals surface area contributed by atoms with Gasteiger partial charge >= 0.3 is 0 Å². The van der Waals surface area contributed by atoms with Crippen LogP contribution in [0.25, 0.3) is 0 Å². The van der Waals surface area contributed by atoms with E-state index in [4.69, 9.17) is 9.47 Å². The number of nitro benzene ring substituents is 1. The second-order valence-corrected chi connectivity index (χ2v) is 4.37. The molecule has 20 heavy (non-hydrogen) atoms. The lowest BCUT2D eigenvalue weighted by Gasteiger charge is -2.13. The maximum Gasteiger partial charge on any atom is 0.272 e. The minimum atomic E-state index is -0.651. The third-order valence-corrected chi connectivity index (χ3v) is 2.67. The van der Waals surface area contributed by atoms with Crippen molar-refractivity contribution in [2.75, 3.05) is 33.4 Å². The lowest BCUT2D eigenvalue weighted by molar-refractivity contribution is -0.385. The first-order chi connectivity index (χ1) is 9.54. The van der Waals surface area contributed by atoms with Crippen LogP contribution in [0.3, 0.4) is 0 Å². The monoisotopic (exact) mass is 284 g/mol. The number of hydrogen-bond donors (Lipinski definition) is 2. The number of benzene rings is 1. The highest BCUT2D eigenvalue weighted by Crippen LogP contribution is 2.22. The first-order valence-corrected chi connectivity index (χ1v) is 6.30. The van der Waals surface area contributed by atoms with Gasteiger partial charge in [0.1, 0.15) is 18.5 Å². The molecule has 1 rings (SSSR count). The normalized spacial score (nSPS) is 12.2. The maximum absolute atomic E-state index is 10.7. The van der Waals surface area contributed by atoms with Crippen LogP contribution in [0.1, 0.15) is 5.56 Å². The summed E-state index contributed by atoms with van der Waals surface area (Å²) in [6.07, 6.45) is -0.651. The van der Waals surface area contributed by atoms with Gasteiger partial charge in [0.15, 0.2) is 0 Å². The molecule has 0 saturated carbocycles. The minimum absolute atomic E-state index is 0.0548. The van der Waals surface area contributed by atoms with Gasteiger partial charge in [0.25, 0.3) is 5.69 Å². The number of ether oxygens (including phenoxy) is 2. The first kappa shape index (κ1) is 16.4. The Labute approximate surface area is 117 Å². The molecule has 0 bridgehead atoms. The molecule has 0 aliphatic carbocycles. The molecule has 0 aliphatic rings. The van der Waals surface area contributed by atoms with E-state index in [1.165, 1.54) is 12.1 Å². The van der Waals surface area contributed by atoms with Crippen molar-refractivity contribution in [1.82, 2.24) is 5.32 Å². The quantitative estimate of drug-likeness (QED) is 0.397. The number of nitro groups is 1. The standard InChI is InChI=1S/C13H20N2O5/c1-10-7-12(3-4-13(10)15(17)18)20-9-11(16)8-14-5-6-19-2/h3-4,7,11,14,16H,5-6,8-9H2,1-2H3. The zero-order chi connectivity index (χ0) is 15.0. The zero-order valence-corrected chi connectivity index (χ0v) is 11.7. The van der Waals surface area contributed by atoms with Crippen LogP contribution in [0.4, 0.5) is 5.69 Å². The fourth-order valence-electron chi connectivity index (χ4n) is 1.62. The van der Waals surface area contributed by atoms with E-state index in [-0.39, 0.29) is 12.3 Å². The van der Waals surface area contributed by atoms with E-state index in [2.05, 4.69) is 5.32 Å². The molecular weight excluding hydrogens is 264 g/mol. The Morgan fingerprint density at radius 1 is 1.50 bits per heavy atom. The van der Waals surface area contributed by atoms with Crippen LogP contribution in [-0.4, -0.2) is 49.5 Å². The SMILES string of the molecule is COCCNCC(O)COc1ccc([N+](=O)[O-])c(C)c1. The van der Waals surface area contributed by atoms with Crippen LogP contribution in [0.5, 0.6) is 5.75 Å². The average molecular weight is 284 g/mol. The molecule has 1 aromatic carbocycles. The fraction of sp³-hybridized carbons (Fsp3) is 0.538. The summed E-state index contributed by atoms with van der Waals surface area (Å²) in [4.78, 5) is 10.2. The molecule has 0 aliphatic heterocycles. The van der Waals surface area contributed by atoms with Crippen molar-refractivity contribution in [3.05, 3.63) is 33.9 Å². The van der Waals surface area contributed by atoms with E-state index in [1.54, 1.807) is 20.1 Å². The predicted octanol–water partition coefficient (Wildman–Crippen LogP) is 0.879. The van der Waals surface area contributed by atoms with Gasteiger partial charge in [-0.1, -0.05) is 0 Å². The minimum Gasteiger partial charge on any atom is -0.491 e. The van der Waals surface area contributed by atoms with Gasteiger partial charge in [0.05, 0.1) is 11.5 Å². The Morgan fingerprint density at radius 3 is 2.85 bits per heavy atom. The molecule has 0 saturated heterocycles. The smallest absolute Gasteiger partial charge is 0.272 e. The summed E-state index contributed by atoms with van der Waals surface area (Å²) in [5.41, 5.74) is 0.583. The molecule has 1 aromatic rings. The molecular formula is C13H20N2O5. The molecule has 7 heteroatoms. The number of hydrogen-bond acceptors (Lipinski definition) is 6. The first-order valence-electron chi connectivity index (χ1n) is 6.30. The van der Waals surface area contributed by atoms with Gasteiger partial charge < -0.3 is 19.9 Å². The van der Waals surface area contributed by atoms with Crippen molar-refractivity contribution >= 4 is 5.69 Å². The van der Waals surface area contributed by atoms with Gasteiger partial charge in [-0.3, -0.25) is 10.1 Å². The summed E-state index contributed by atoms with van der Waals surface area (Å²) in [6, 6.07) is 4.51. The number of nitrogens with zero attached hydrogens (tertiary/aromatic N) is 1. The summed E-state index contributed by atoms with van der Waals surface area (Å²) in [7, 11) is 1.61. The Hall–Kier alpha value is -1.70. The van der Waals surface area contributed by atoms with Gasteiger partial charge in [-0.05, 0) is 19.1 Å². The third-order valence-electron chi connectivity index (χ3n) is 2.67. The van der Waals surface area contributed by atoms with Crippen molar-refractivity contribution in [1.29, 1.82) is 0 Å². The molecule has 0 radical (unpaired) electrons. The van der Waals surface area contributed by atoms with E-state index in [0.717, 1.165) is 0 Å². The third kappa shape index (κ3) is 5.52. The lowest BCUT2D eigenvalue weighted by atomic mass is 10.2. The second kappa shape index (κ2) is 8.47. The van der Waals surface area contributed by atoms with Crippen LogP contribution in [0.15, 0.2) is 18.2 Å². The molecule has 1 unspecified atom stereocenters. The number of rotatable bonds is 9. The van der Waals surface area contributed by atoms with E-state index >= 15 is 0 Å². The van der Waals surface area contributed by atoms with Crippen LogP contribution < -0.4 is 10.1 Å². The molecule has 7 nitrogen and oxygen atoms in total. The van der Waals surface area contributed by atoms with Crippen molar-refractivity contribution in [3.63, 3.8) is 0 Å². The Morgan fingerprint density at radius 2 is 2.25 bits per heavy atom. The number of methoxy groups -OCH3 is 1. The number of aryl methyl sites for hydroxylation is 1. The van der Waals surface area contributed by atoms with Crippen LogP contribution in [0, 0.1) is 17.0 Å². The highest BCUT2D eigenvalue weighted by Gasteiger charge is 2.11. The molecule has 112 valence electrons.